The third-order valence-electron chi connectivity index (χ3n) is 7.91. The van der Waals surface area contributed by atoms with Gasteiger partial charge in [0.25, 0.3) is 0 Å². The van der Waals surface area contributed by atoms with Crippen molar-refractivity contribution in [1.29, 1.82) is 0 Å². The molecular weight excluding hydrogens is 550 g/mol. The first-order valence-electron chi connectivity index (χ1n) is 13.7. The summed E-state index contributed by atoms with van der Waals surface area (Å²) in [7, 11) is -3.98. The number of aromatic nitrogens is 1. The standard InChI is InChI=1S/C30H34F2N4O4S/c1-20-4-5-21(2)27(18-20)34-14-16-35(17-15-34)30(37)24-10-12-36(13-11-24)41(38,39)29-22(3)33-40-28(29)9-7-23-6-8-25(31)19-26(23)32/h4-9,18-19,24H,10-17H2,1-3H3/b9-7+. The maximum absolute atomic E-state index is 14.1. The van der Waals surface area contributed by atoms with Crippen LogP contribution in [0.4, 0.5) is 14.5 Å². The molecule has 11 heteroatoms. The van der Waals surface area contributed by atoms with E-state index in [2.05, 4.69) is 42.1 Å². The normalized spacial score (nSPS) is 17.5. The first-order chi connectivity index (χ1) is 19.5. The Labute approximate surface area is 239 Å². The lowest BCUT2D eigenvalue weighted by atomic mass is 9.96. The highest BCUT2D eigenvalue weighted by molar-refractivity contribution is 7.89. The largest absolute Gasteiger partial charge is 0.368 e. The number of sulfonamides is 1. The number of amides is 1. The number of nitrogens with zero attached hydrogens (tertiary/aromatic N) is 4. The smallest absolute Gasteiger partial charge is 0.248 e. The molecule has 0 unspecified atom stereocenters. The number of piperazine rings is 1. The summed E-state index contributed by atoms with van der Waals surface area (Å²) < 4.78 is 61.0. The predicted octanol–water partition coefficient (Wildman–Crippen LogP) is 4.80. The quantitative estimate of drug-likeness (QED) is 0.414. The second kappa shape index (κ2) is 11.7. The van der Waals surface area contributed by atoms with Crippen molar-refractivity contribution in [3.8, 4) is 0 Å². The van der Waals surface area contributed by atoms with E-state index in [0.717, 1.165) is 25.2 Å². The summed E-state index contributed by atoms with van der Waals surface area (Å²) in [5.41, 5.74) is 3.89. The van der Waals surface area contributed by atoms with Crippen LogP contribution in [0.3, 0.4) is 0 Å². The Morgan fingerprint density at radius 3 is 2.34 bits per heavy atom. The van der Waals surface area contributed by atoms with Crippen LogP contribution >= 0.6 is 0 Å². The molecule has 0 aliphatic carbocycles. The van der Waals surface area contributed by atoms with Crippen molar-refractivity contribution in [2.75, 3.05) is 44.2 Å². The minimum absolute atomic E-state index is 0.0360. The van der Waals surface area contributed by atoms with Crippen LogP contribution in [0.5, 0.6) is 0 Å². The van der Waals surface area contributed by atoms with E-state index in [0.29, 0.717) is 25.9 Å². The highest BCUT2D eigenvalue weighted by atomic mass is 32.2. The number of anilines is 1. The highest BCUT2D eigenvalue weighted by Crippen LogP contribution is 2.31. The summed E-state index contributed by atoms with van der Waals surface area (Å²) in [6.07, 6.45) is 3.48. The minimum atomic E-state index is -3.98. The molecule has 0 N–H and O–H groups in total. The zero-order chi connectivity index (χ0) is 29.3. The Morgan fingerprint density at radius 1 is 0.951 bits per heavy atom. The summed E-state index contributed by atoms with van der Waals surface area (Å²) in [4.78, 5) is 17.5. The van der Waals surface area contributed by atoms with Crippen LogP contribution in [0.15, 0.2) is 45.8 Å². The summed E-state index contributed by atoms with van der Waals surface area (Å²) >= 11 is 0. The van der Waals surface area contributed by atoms with Gasteiger partial charge in [0.2, 0.25) is 15.9 Å². The molecule has 3 aromatic rings. The average molecular weight is 585 g/mol. The van der Waals surface area contributed by atoms with Crippen molar-refractivity contribution < 1.29 is 26.5 Å². The van der Waals surface area contributed by atoms with Crippen LogP contribution in [0.25, 0.3) is 12.2 Å². The van der Waals surface area contributed by atoms with E-state index in [1.165, 1.54) is 46.3 Å². The SMILES string of the molecule is Cc1ccc(C)c(N2CCN(C(=O)C3CCN(S(=O)(=O)c4c(C)noc4/C=C/c4ccc(F)cc4F)CC3)CC2)c1. The third kappa shape index (κ3) is 6.06. The molecule has 0 saturated carbocycles. The lowest BCUT2D eigenvalue weighted by Crippen LogP contribution is -2.52. The molecule has 41 heavy (non-hydrogen) atoms. The van der Waals surface area contributed by atoms with Crippen molar-refractivity contribution in [2.45, 2.75) is 38.5 Å². The van der Waals surface area contributed by atoms with E-state index < -0.39 is 21.7 Å². The van der Waals surface area contributed by atoms with Gasteiger partial charge in [0, 0.05) is 62.5 Å². The van der Waals surface area contributed by atoms with E-state index in [9.17, 15) is 22.0 Å². The fraction of sp³-hybridized carbons (Fsp3) is 0.400. The van der Waals surface area contributed by atoms with E-state index >= 15 is 0 Å². The molecule has 2 aliphatic rings. The molecule has 2 saturated heterocycles. The minimum Gasteiger partial charge on any atom is -0.368 e. The van der Waals surface area contributed by atoms with Crippen molar-refractivity contribution in [1.82, 2.24) is 14.4 Å². The van der Waals surface area contributed by atoms with Crippen LogP contribution < -0.4 is 4.90 Å². The van der Waals surface area contributed by atoms with Crippen molar-refractivity contribution in [3.05, 3.63) is 76.2 Å². The lowest BCUT2D eigenvalue weighted by Gasteiger charge is -2.39. The number of aryl methyl sites for hydroxylation is 3. The van der Waals surface area contributed by atoms with E-state index in [1.807, 2.05) is 4.90 Å². The van der Waals surface area contributed by atoms with Crippen LogP contribution in [0, 0.1) is 38.3 Å². The third-order valence-corrected chi connectivity index (χ3v) is 9.97. The molecule has 8 nitrogen and oxygen atoms in total. The van der Waals surface area contributed by atoms with Gasteiger partial charge in [0.05, 0.1) is 0 Å². The first-order valence-corrected chi connectivity index (χ1v) is 15.2. The molecule has 0 spiro atoms. The second-order valence-electron chi connectivity index (χ2n) is 10.7. The van der Waals surface area contributed by atoms with Gasteiger partial charge in [-0.3, -0.25) is 4.79 Å². The van der Waals surface area contributed by atoms with E-state index in [1.54, 1.807) is 0 Å². The van der Waals surface area contributed by atoms with Gasteiger partial charge in [-0.2, -0.15) is 4.31 Å². The molecule has 2 aromatic carbocycles. The topological polar surface area (TPSA) is 87.0 Å². The monoisotopic (exact) mass is 584 g/mol. The molecule has 5 rings (SSSR count). The van der Waals surface area contributed by atoms with Gasteiger partial charge in [0.15, 0.2) is 10.7 Å². The van der Waals surface area contributed by atoms with Gasteiger partial charge in [0.1, 0.15) is 17.3 Å². The van der Waals surface area contributed by atoms with Crippen molar-refractivity contribution >= 4 is 33.8 Å². The van der Waals surface area contributed by atoms with Gasteiger partial charge >= 0.3 is 0 Å². The van der Waals surface area contributed by atoms with Gasteiger partial charge in [-0.25, -0.2) is 17.2 Å². The molecule has 0 bridgehead atoms. The van der Waals surface area contributed by atoms with E-state index in [-0.39, 0.29) is 46.8 Å². The number of halogens is 2. The number of piperidine rings is 1. The molecular formula is C30H34F2N4O4S. The summed E-state index contributed by atoms with van der Waals surface area (Å²) in [5.74, 6) is -1.68. The van der Waals surface area contributed by atoms with Crippen LogP contribution in [-0.2, 0) is 14.8 Å². The predicted molar refractivity (Wildman–Crippen MR) is 153 cm³/mol. The molecule has 2 aliphatic heterocycles. The maximum atomic E-state index is 14.1. The second-order valence-corrected chi connectivity index (χ2v) is 12.6. The molecule has 218 valence electrons. The van der Waals surface area contributed by atoms with Crippen molar-refractivity contribution in [3.63, 3.8) is 0 Å². The zero-order valence-corrected chi connectivity index (χ0v) is 24.3. The Morgan fingerprint density at radius 2 is 1.66 bits per heavy atom. The van der Waals surface area contributed by atoms with Crippen LogP contribution in [-0.4, -0.2) is 68.0 Å². The molecule has 3 heterocycles. The number of hydrogen-bond acceptors (Lipinski definition) is 6. The fourth-order valence-electron chi connectivity index (χ4n) is 5.56. The number of carbonyl (C=O) groups is 1. The number of benzene rings is 2. The Bertz CT molecular complexity index is 1570. The van der Waals surface area contributed by atoms with Crippen molar-refractivity contribution in [2.24, 2.45) is 5.92 Å². The highest BCUT2D eigenvalue weighted by Gasteiger charge is 2.37. The van der Waals surface area contributed by atoms with Crippen LogP contribution in [0.2, 0.25) is 0 Å². The number of hydrogen-bond donors (Lipinski definition) is 0. The van der Waals surface area contributed by atoms with Gasteiger partial charge < -0.3 is 14.3 Å². The molecule has 0 atom stereocenters. The number of rotatable bonds is 6. The van der Waals surface area contributed by atoms with Crippen LogP contribution in [0.1, 0.15) is 41.0 Å². The summed E-state index contributed by atoms with van der Waals surface area (Å²) in [6.45, 7) is 8.88. The van der Waals surface area contributed by atoms with Gasteiger partial charge in [-0.15, -0.1) is 0 Å². The zero-order valence-electron chi connectivity index (χ0n) is 23.4. The molecule has 0 radical (unpaired) electrons. The lowest BCUT2D eigenvalue weighted by molar-refractivity contribution is -0.137. The Hall–Kier alpha value is -3.57. The van der Waals surface area contributed by atoms with Gasteiger partial charge in [-0.1, -0.05) is 17.3 Å². The average Bonchev–Trinajstić information content (AvgIpc) is 3.34. The Balaban J connectivity index is 1.21. The molecule has 1 aromatic heterocycles. The molecule has 1 amide bonds. The molecule has 2 fully saturated rings. The summed E-state index contributed by atoms with van der Waals surface area (Å²) in [5, 5.41) is 3.82. The van der Waals surface area contributed by atoms with E-state index in [4.69, 9.17) is 4.52 Å². The fourth-order valence-corrected chi connectivity index (χ4v) is 7.28. The van der Waals surface area contributed by atoms with Gasteiger partial charge in [-0.05, 0) is 75.1 Å². The Kier molecular flexibility index (Phi) is 8.28. The maximum Gasteiger partial charge on any atom is 0.248 e. The number of carbonyl (C=O) groups excluding carboxylic acids is 1. The summed E-state index contributed by atoms with van der Waals surface area (Å²) in [6, 6.07) is 9.52. The first kappa shape index (κ1) is 28.9.